The number of hydrazone groups is 1. The van der Waals surface area contributed by atoms with Gasteiger partial charge in [-0.2, -0.15) is 10.1 Å². The Hall–Kier alpha value is -3.97. The molecule has 1 N–H and O–H groups in total. The van der Waals surface area contributed by atoms with Crippen LogP contribution in [0.4, 0.5) is 17.1 Å². The highest BCUT2D eigenvalue weighted by molar-refractivity contribution is 8.15. The van der Waals surface area contributed by atoms with Crippen molar-refractivity contribution in [3.05, 3.63) is 58.1 Å². The Morgan fingerprint density at radius 2 is 2.00 bits per heavy atom. The predicted molar refractivity (Wildman–Crippen MR) is 146 cm³/mol. The second kappa shape index (κ2) is 12.5. The average Bonchev–Trinajstić information content (AvgIpc) is 3.21. The molecule has 12 nitrogen and oxygen atoms in total. The first-order chi connectivity index (χ1) is 18.4. The Labute approximate surface area is 223 Å². The van der Waals surface area contributed by atoms with E-state index in [1.807, 2.05) is 31.2 Å². The number of nitrogens with zero attached hydrogens (tertiary/aromatic N) is 5. The highest BCUT2D eigenvalue weighted by Gasteiger charge is 2.39. The number of morpholine rings is 1. The summed E-state index contributed by atoms with van der Waals surface area (Å²) < 4.78 is 10.4. The quantitative estimate of drug-likeness (QED) is 0.291. The standard InChI is InChI=1S/C25H28N6O6S/c1-3-26-25-30(27-16-17-4-6-18(7-5-17)29-10-12-37-13-11-29)24(33)22(38-25)15-23(32)28-20-9-8-19(36-2)14-21(20)31(34)35/h4-9,14,16,22H,3,10-13,15H2,1-2H3,(H,28,32)/b26-25?,27-16+. The lowest BCUT2D eigenvalue weighted by Gasteiger charge is -2.28. The summed E-state index contributed by atoms with van der Waals surface area (Å²) in [7, 11) is 1.39. The number of benzene rings is 2. The topological polar surface area (TPSA) is 139 Å². The maximum atomic E-state index is 13.1. The van der Waals surface area contributed by atoms with Gasteiger partial charge in [0.05, 0.1) is 37.5 Å². The lowest BCUT2D eigenvalue weighted by molar-refractivity contribution is -0.384. The number of methoxy groups -OCH3 is 1. The Bertz CT molecular complexity index is 1250. The van der Waals surface area contributed by atoms with E-state index in [0.717, 1.165) is 36.1 Å². The van der Waals surface area contributed by atoms with Crippen molar-refractivity contribution in [3.8, 4) is 5.75 Å². The van der Waals surface area contributed by atoms with Crippen LogP contribution >= 0.6 is 11.8 Å². The van der Waals surface area contributed by atoms with Gasteiger partial charge in [-0.05, 0) is 36.8 Å². The molecule has 1 unspecified atom stereocenters. The third-order valence-corrected chi connectivity index (χ3v) is 7.01. The van der Waals surface area contributed by atoms with E-state index in [4.69, 9.17) is 9.47 Å². The molecule has 2 amide bonds. The number of thioether (sulfide) groups is 1. The molecule has 0 aromatic heterocycles. The molecule has 0 aliphatic carbocycles. The third-order valence-electron chi connectivity index (χ3n) is 5.84. The summed E-state index contributed by atoms with van der Waals surface area (Å²) >= 11 is 1.14. The number of hydrogen-bond acceptors (Lipinski definition) is 10. The van der Waals surface area contributed by atoms with Gasteiger partial charge in [0.25, 0.3) is 11.6 Å². The first-order valence-electron chi connectivity index (χ1n) is 12.0. The van der Waals surface area contributed by atoms with Crippen LogP contribution in [-0.2, 0) is 14.3 Å². The van der Waals surface area contributed by atoms with Crippen LogP contribution in [0.5, 0.6) is 5.75 Å². The van der Waals surface area contributed by atoms with E-state index in [0.29, 0.717) is 30.7 Å². The Morgan fingerprint density at radius 3 is 2.66 bits per heavy atom. The second-order valence-electron chi connectivity index (χ2n) is 8.34. The monoisotopic (exact) mass is 540 g/mol. The molecule has 0 radical (unpaired) electrons. The molecule has 2 fully saturated rings. The number of hydrogen-bond donors (Lipinski definition) is 1. The molecular weight excluding hydrogens is 512 g/mol. The summed E-state index contributed by atoms with van der Waals surface area (Å²) in [6.07, 6.45) is 1.38. The van der Waals surface area contributed by atoms with E-state index in [1.165, 1.54) is 30.3 Å². The summed E-state index contributed by atoms with van der Waals surface area (Å²) in [5, 5.41) is 19.1. The number of anilines is 2. The van der Waals surface area contributed by atoms with Gasteiger partial charge in [-0.3, -0.25) is 24.7 Å². The maximum Gasteiger partial charge on any atom is 0.296 e. The lowest BCUT2D eigenvalue weighted by atomic mass is 10.2. The molecule has 0 bridgehead atoms. The van der Waals surface area contributed by atoms with Gasteiger partial charge in [0.15, 0.2) is 5.17 Å². The Balaban J connectivity index is 1.42. The molecule has 13 heteroatoms. The SMILES string of the molecule is CCN=C1SC(CC(=O)Nc2ccc(OC)cc2[N+](=O)[O-])C(=O)N1/N=C/c1ccc(N2CCOCC2)cc1. The number of carbonyl (C=O) groups excluding carboxylic acids is 2. The smallest absolute Gasteiger partial charge is 0.296 e. The van der Waals surface area contributed by atoms with Gasteiger partial charge in [0.1, 0.15) is 16.7 Å². The van der Waals surface area contributed by atoms with Crippen molar-refractivity contribution in [1.82, 2.24) is 5.01 Å². The number of carbonyl (C=O) groups is 2. The molecule has 2 saturated heterocycles. The summed E-state index contributed by atoms with van der Waals surface area (Å²) in [6.45, 7) is 5.36. The maximum absolute atomic E-state index is 13.1. The second-order valence-corrected chi connectivity index (χ2v) is 9.51. The highest BCUT2D eigenvalue weighted by atomic mass is 32.2. The summed E-state index contributed by atoms with van der Waals surface area (Å²) in [5.74, 6) is -0.631. The zero-order valence-corrected chi connectivity index (χ0v) is 21.8. The van der Waals surface area contributed by atoms with Gasteiger partial charge in [0.2, 0.25) is 5.91 Å². The molecule has 1 atom stereocenters. The number of nitro groups is 1. The largest absolute Gasteiger partial charge is 0.496 e. The summed E-state index contributed by atoms with van der Waals surface area (Å²) in [6, 6.07) is 12.0. The van der Waals surface area contributed by atoms with Gasteiger partial charge < -0.3 is 19.7 Å². The fourth-order valence-electron chi connectivity index (χ4n) is 3.91. The minimum atomic E-state index is -0.765. The number of nitro benzene ring substituents is 1. The van der Waals surface area contributed by atoms with E-state index >= 15 is 0 Å². The molecule has 200 valence electrons. The van der Waals surface area contributed by atoms with Crippen molar-refractivity contribution in [2.75, 3.05) is 50.2 Å². The molecule has 2 aliphatic rings. The molecule has 2 aliphatic heterocycles. The van der Waals surface area contributed by atoms with Crippen LogP contribution in [0.3, 0.4) is 0 Å². The lowest BCUT2D eigenvalue weighted by Crippen LogP contribution is -2.36. The normalized spacial score (nSPS) is 18.8. The zero-order valence-electron chi connectivity index (χ0n) is 21.0. The van der Waals surface area contributed by atoms with Crippen LogP contribution in [-0.4, -0.2) is 78.3 Å². The number of amidine groups is 1. The fourth-order valence-corrected chi connectivity index (χ4v) is 5.05. The van der Waals surface area contributed by atoms with Crippen LogP contribution in [0.25, 0.3) is 0 Å². The third kappa shape index (κ3) is 6.47. The minimum absolute atomic E-state index is 0.0223. The van der Waals surface area contributed by atoms with Gasteiger partial charge in [-0.25, -0.2) is 0 Å². The van der Waals surface area contributed by atoms with Crippen LogP contribution in [0.15, 0.2) is 52.6 Å². The molecule has 2 heterocycles. The van der Waals surface area contributed by atoms with Crippen LogP contribution in [0.2, 0.25) is 0 Å². The van der Waals surface area contributed by atoms with E-state index in [2.05, 4.69) is 20.3 Å². The van der Waals surface area contributed by atoms with Crippen molar-refractivity contribution in [2.45, 2.75) is 18.6 Å². The molecule has 38 heavy (non-hydrogen) atoms. The first-order valence-corrected chi connectivity index (χ1v) is 12.9. The summed E-state index contributed by atoms with van der Waals surface area (Å²) in [4.78, 5) is 43.2. The van der Waals surface area contributed by atoms with E-state index in [9.17, 15) is 19.7 Å². The van der Waals surface area contributed by atoms with Crippen LogP contribution in [0.1, 0.15) is 18.9 Å². The van der Waals surface area contributed by atoms with Crippen LogP contribution < -0.4 is 15.0 Å². The van der Waals surface area contributed by atoms with E-state index in [-0.39, 0.29) is 23.7 Å². The molecule has 0 spiro atoms. The average molecular weight is 541 g/mol. The molecular formula is C25H28N6O6S. The van der Waals surface area contributed by atoms with Crippen LogP contribution in [0, 0.1) is 10.1 Å². The Kier molecular flexibility index (Phi) is 8.92. The number of aliphatic imine (C=N–C) groups is 1. The number of amides is 2. The fraction of sp³-hybridized carbons (Fsp3) is 0.360. The van der Waals surface area contributed by atoms with Crippen molar-refractivity contribution >= 4 is 52.0 Å². The van der Waals surface area contributed by atoms with Gasteiger partial charge in [-0.1, -0.05) is 23.9 Å². The molecule has 0 saturated carbocycles. The van der Waals surface area contributed by atoms with Crippen molar-refractivity contribution in [3.63, 3.8) is 0 Å². The molecule has 2 aromatic carbocycles. The number of rotatable bonds is 9. The van der Waals surface area contributed by atoms with Gasteiger partial charge in [0, 0.05) is 31.7 Å². The summed E-state index contributed by atoms with van der Waals surface area (Å²) in [5.41, 5.74) is 1.62. The molecule has 4 rings (SSSR count). The van der Waals surface area contributed by atoms with E-state index < -0.39 is 16.1 Å². The van der Waals surface area contributed by atoms with Crippen molar-refractivity contribution in [1.29, 1.82) is 0 Å². The minimum Gasteiger partial charge on any atom is -0.496 e. The first kappa shape index (κ1) is 27.1. The number of nitrogens with one attached hydrogen (secondary N) is 1. The highest BCUT2D eigenvalue weighted by Crippen LogP contribution is 2.32. The van der Waals surface area contributed by atoms with Gasteiger partial charge >= 0.3 is 0 Å². The van der Waals surface area contributed by atoms with E-state index in [1.54, 1.807) is 6.21 Å². The number of ether oxygens (including phenoxy) is 2. The van der Waals surface area contributed by atoms with Crippen molar-refractivity contribution in [2.24, 2.45) is 10.1 Å². The Morgan fingerprint density at radius 1 is 1.26 bits per heavy atom. The van der Waals surface area contributed by atoms with Crippen molar-refractivity contribution < 1.29 is 24.0 Å². The molecule has 2 aromatic rings. The zero-order chi connectivity index (χ0) is 27.1. The predicted octanol–water partition coefficient (Wildman–Crippen LogP) is 3.12. The van der Waals surface area contributed by atoms with Gasteiger partial charge in [-0.15, -0.1) is 0 Å².